The van der Waals surface area contributed by atoms with Crippen molar-refractivity contribution in [2.24, 2.45) is 11.7 Å². The van der Waals surface area contributed by atoms with E-state index in [1.54, 1.807) is 32.0 Å². The first-order valence-electron chi connectivity index (χ1n) is 6.02. The minimum atomic E-state index is -3.19. The molecule has 0 spiro atoms. The third-order valence-electron chi connectivity index (χ3n) is 3.32. The fourth-order valence-electron chi connectivity index (χ4n) is 1.90. The summed E-state index contributed by atoms with van der Waals surface area (Å²) in [5, 5.41) is -0.394. The van der Waals surface area contributed by atoms with Crippen molar-refractivity contribution >= 4 is 9.84 Å². The van der Waals surface area contributed by atoms with Crippen LogP contribution in [0.2, 0.25) is 0 Å². The Labute approximate surface area is 103 Å². The van der Waals surface area contributed by atoms with Crippen molar-refractivity contribution in [3.63, 3.8) is 0 Å². The van der Waals surface area contributed by atoms with Crippen LogP contribution in [0.15, 0.2) is 29.2 Å². The quantitative estimate of drug-likeness (QED) is 0.895. The summed E-state index contributed by atoms with van der Waals surface area (Å²) in [7, 11) is -3.19. The molecule has 1 saturated carbocycles. The molecule has 1 aromatic rings. The third-order valence-corrected chi connectivity index (χ3v) is 5.47. The smallest absolute Gasteiger partial charge is 0.180 e. The van der Waals surface area contributed by atoms with Crippen molar-refractivity contribution in [1.82, 2.24) is 0 Å². The van der Waals surface area contributed by atoms with Crippen LogP contribution < -0.4 is 5.73 Å². The van der Waals surface area contributed by atoms with Crippen LogP contribution in [0.4, 0.5) is 0 Å². The average Bonchev–Trinajstić information content (AvgIpc) is 3.12. The Bertz CT molecular complexity index is 504. The van der Waals surface area contributed by atoms with E-state index in [0.29, 0.717) is 10.8 Å². The van der Waals surface area contributed by atoms with Gasteiger partial charge in [-0.05, 0) is 50.3 Å². The topological polar surface area (TPSA) is 60.2 Å². The van der Waals surface area contributed by atoms with E-state index >= 15 is 0 Å². The predicted octanol–water partition coefficient (Wildman–Crippen LogP) is 2.28. The first-order chi connectivity index (χ1) is 7.93. The molecule has 1 fully saturated rings. The summed E-state index contributed by atoms with van der Waals surface area (Å²) in [6.07, 6.45) is 2.31. The Morgan fingerprint density at radius 2 is 1.94 bits per heavy atom. The first kappa shape index (κ1) is 12.6. The molecule has 1 aliphatic carbocycles. The Morgan fingerprint density at radius 1 is 1.29 bits per heavy atom. The average molecular weight is 253 g/mol. The Balaban J connectivity index is 2.34. The van der Waals surface area contributed by atoms with Gasteiger partial charge < -0.3 is 5.73 Å². The van der Waals surface area contributed by atoms with Gasteiger partial charge in [-0.3, -0.25) is 0 Å². The van der Waals surface area contributed by atoms with Gasteiger partial charge in [-0.2, -0.15) is 0 Å². The molecular weight excluding hydrogens is 234 g/mol. The van der Waals surface area contributed by atoms with Crippen molar-refractivity contribution in [3.05, 3.63) is 29.8 Å². The molecule has 2 N–H and O–H groups in total. The second-order valence-corrected chi connectivity index (χ2v) is 7.53. The van der Waals surface area contributed by atoms with Crippen molar-refractivity contribution in [2.75, 3.05) is 0 Å². The third kappa shape index (κ3) is 2.53. The normalized spacial score (nSPS) is 18.4. The van der Waals surface area contributed by atoms with Crippen LogP contribution in [0.5, 0.6) is 0 Å². The second kappa shape index (κ2) is 4.42. The van der Waals surface area contributed by atoms with Crippen LogP contribution in [0.1, 0.15) is 38.3 Å². The van der Waals surface area contributed by atoms with Crippen molar-refractivity contribution in [1.29, 1.82) is 0 Å². The lowest BCUT2D eigenvalue weighted by Gasteiger charge is -2.13. The zero-order valence-electron chi connectivity index (χ0n) is 10.3. The SMILES string of the molecule is CC(C)S(=O)(=O)c1cccc(C(N)C2CC2)c1. The van der Waals surface area contributed by atoms with Gasteiger partial charge >= 0.3 is 0 Å². The highest BCUT2D eigenvalue weighted by atomic mass is 32.2. The fraction of sp³-hybridized carbons (Fsp3) is 0.538. The van der Waals surface area contributed by atoms with Gasteiger partial charge in [-0.1, -0.05) is 12.1 Å². The van der Waals surface area contributed by atoms with E-state index in [2.05, 4.69) is 0 Å². The molecule has 0 saturated heterocycles. The van der Waals surface area contributed by atoms with Gasteiger partial charge in [0.2, 0.25) is 0 Å². The van der Waals surface area contributed by atoms with Gasteiger partial charge in [0.15, 0.2) is 9.84 Å². The molecule has 94 valence electrons. The van der Waals surface area contributed by atoms with Crippen LogP contribution in [0.3, 0.4) is 0 Å². The summed E-state index contributed by atoms with van der Waals surface area (Å²) in [5.41, 5.74) is 7.03. The van der Waals surface area contributed by atoms with Crippen LogP contribution in [0, 0.1) is 5.92 Å². The maximum atomic E-state index is 12.1. The number of benzene rings is 1. The highest BCUT2D eigenvalue weighted by Crippen LogP contribution is 2.39. The van der Waals surface area contributed by atoms with Crippen LogP contribution in [0.25, 0.3) is 0 Å². The molecule has 4 heteroatoms. The Hall–Kier alpha value is -0.870. The van der Waals surface area contributed by atoms with Crippen molar-refractivity contribution < 1.29 is 8.42 Å². The Morgan fingerprint density at radius 3 is 2.47 bits per heavy atom. The molecule has 1 unspecified atom stereocenters. The molecule has 2 rings (SSSR count). The van der Waals surface area contributed by atoms with Gasteiger partial charge in [0.05, 0.1) is 10.1 Å². The van der Waals surface area contributed by atoms with E-state index in [1.807, 2.05) is 6.07 Å². The van der Waals surface area contributed by atoms with Gasteiger partial charge in [0, 0.05) is 6.04 Å². The molecule has 0 bridgehead atoms. The van der Waals surface area contributed by atoms with Gasteiger partial charge in [-0.25, -0.2) is 8.42 Å². The van der Waals surface area contributed by atoms with Gasteiger partial charge in [0.1, 0.15) is 0 Å². The van der Waals surface area contributed by atoms with Crippen molar-refractivity contribution in [2.45, 2.75) is 42.9 Å². The summed E-state index contributed by atoms with van der Waals surface area (Å²) in [6.45, 7) is 3.39. The molecule has 0 aromatic heterocycles. The lowest BCUT2D eigenvalue weighted by Crippen LogP contribution is -2.16. The molecule has 0 aliphatic heterocycles. The molecule has 1 atom stereocenters. The fourth-order valence-corrected chi connectivity index (χ4v) is 3.01. The van der Waals surface area contributed by atoms with Crippen LogP contribution in [-0.4, -0.2) is 13.7 Å². The standard InChI is InChI=1S/C13H19NO2S/c1-9(2)17(15,16)12-5-3-4-11(8-12)13(14)10-6-7-10/h3-5,8-10,13H,6-7,14H2,1-2H3. The van der Waals surface area contributed by atoms with E-state index < -0.39 is 15.1 Å². The molecule has 17 heavy (non-hydrogen) atoms. The predicted molar refractivity (Wildman–Crippen MR) is 68.4 cm³/mol. The summed E-state index contributed by atoms with van der Waals surface area (Å²) in [6, 6.07) is 7.07. The summed E-state index contributed by atoms with van der Waals surface area (Å²) < 4.78 is 24.1. The highest BCUT2D eigenvalue weighted by molar-refractivity contribution is 7.92. The molecule has 0 radical (unpaired) electrons. The van der Waals surface area contributed by atoms with Gasteiger partial charge in [-0.15, -0.1) is 0 Å². The molecule has 1 aliphatic rings. The van der Waals surface area contributed by atoms with Crippen LogP contribution >= 0.6 is 0 Å². The number of hydrogen-bond acceptors (Lipinski definition) is 3. The summed E-state index contributed by atoms with van der Waals surface area (Å²) >= 11 is 0. The summed E-state index contributed by atoms with van der Waals surface area (Å²) in [5.74, 6) is 0.534. The minimum Gasteiger partial charge on any atom is -0.324 e. The maximum absolute atomic E-state index is 12.1. The van der Waals surface area contributed by atoms with Gasteiger partial charge in [0.25, 0.3) is 0 Å². The number of nitrogens with two attached hydrogens (primary N) is 1. The molecular formula is C13H19NO2S. The largest absolute Gasteiger partial charge is 0.324 e. The van der Waals surface area contributed by atoms with E-state index in [0.717, 1.165) is 18.4 Å². The zero-order valence-corrected chi connectivity index (χ0v) is 11.1. The Kier molecular flexibility index (Phi) is 3.27. The first-order valence-corrected chi connectivity index (χ1v) is 7.57. The molecule has 0 amide bonds. The zero-order chi connectivity index (χ0) is 12.6. The lowest BCUT2D eigenvalue weighted by atomic mass is 10.0. The maximum Gasteiger partial charge on any atom is 0.180 e. The molecule has 1 aromatic carbocycles. The highest BCUT2D eigenvalue weighted by Gasteiger charge is 2.30. The molecule has 3 nitrogen and oxygen atoms in total. The van der Waals surface area contributed by atoms with Crippen LogP contribution in [-0.2, 0) is 9.84 Å². The van der Waals surface area contributed by atoms with Crippen molar-refractivity contribution in [3.8, 4) is 0 Å². The molecule has 0 heterocycles. The monoisotopic (exact) mass is 253 g/mol. The van der Waals surface area contributed by atoms with E-state index in [1.165, 1.54) is 0 Å². The second-order valence-electron chi connectivity index (χ2n) is 5.03. The lowest BCUT2D eigenvalue weighted by molar-refractivity contribution is 0.586. The van der Waals surface area contributed by atoms with E-state index in [-0.39, 0.29) is 6.04 Å². The van der Waals surface area contributed by atoms with E-state index in [4.69, 9.17) is 5.73 Å². The number of sulfone groups is 1. The summed E-state index contributed by atoms with van der Waals surface area (Å²) in [4.78, 5) is 0.390. The number of hydrogen-bond donors (Lipinski definition) is 1. The minimum absolute atomic E-state index is 0.0164. The number of rotatable bonds is 4. The van der Waals surface area contributed by atoms with E-state index in [9.17, 15) is 8.42 Å².